The van der Waals surface area contributed by atoms with Crippen LogP contribution in [0.3, 0.4) is 0 Å². The van der Waals surface area contributed by atoms with E-state index in [0.717, 1.165) is 6.54 Å². The molecule has 1 saturated carbocycles. The summed E-state index contributed by atoms with van der Waals surface area (Å²) in [5.41, 5.74) is 7.72. The van der Waals surface area contributed by atoms with Crippen molar-refractivity contribution < 1.29 is 0 Å². The smallest absolute Gasteiger partial charge is 0.0550 e. The van der Waals surface area contributed by atoms with Gasteiger partial charge in [-0.25, -0.2) is 5.43 Å². The zero-order valence-electron chi connectivity index (χ0n) is 16.4. The Balaban J connectivity index is 1.63. The van der Waals surface area contributed by atoms with Gasteiger partial charge in [-0.1, -0.05) is 79.9 Å². The molecule has 0 atom stereocenters. The molecule has 0 radical (unpaired) electrons. The molecule has 28 heavy (non-hydrogen) atoms. The molecule has 3 aromatic rings. The lowest BCUT2D eigenvalue weighted by Crippen LogP contribution is -2.47. The van der Waals surface area contributed by atoms with Crippen molar-refractivity contribution in [3.8, 4) is 0 Å². The quantitative estimate of drug-likeness (QED) is 0.551. The number of hydrogen-bond donors (Lipinski definition) is 1. The minimum Gasteiger partial charge on any atom is -0.307 e. The fraction of sp³-hybridized carbons (Fsp3) is 0.320. The van der Waals surface area contributed by atoms with Crippen LogP contribution in [0.25, 0.3) is 0 Å². The highest BCUT2D eigenvalue weighted by atomic mass is 15.5. The average Bonchev–Trinajstić information content (AvgIpc) is 2.79. The first kappa shape index (κ1) is 18.7. The third-order valence-electron chi connectivity index (χ3n) is 5.69. The molecule has 1 heterocycles. The maximum Gasteiger partial charge on any atom is 0.0550 e. The third kappa shape index (κ3) is 4.79. The summed E-state index contributed by atoms with van der Waals surface area (Å²) in [6.45, 7) is 0.883. The van der Waals surface area contributed by atoms with Gasteiger partial charge in [0, 0.05) is 30.9 Å². The Bertz CT molecular complexity index is 775. The molecule has 0 spiro atoms. The van der Waals surface area contributed by atoms with Crippen molar-refractivity contribution in [1.29, 1.82) is 0 Å². The highest BCUT2D eigenvalue weighted by Gasteiger charge is 2.22. The summed E-state index contributed by atoms with van der Waals surface area (Å²) in [5.74, 6) is 0.298. The number of rotatable bonds is 7. The van der Waals surface area contributed by atoms with Crippen LogP contribution in [0.4, 0.5) is 5.69 Å². The van der Waals surface area contributed by atoms with Gasteiger partial charge in [-0.05, 0) is 36.1 Å². The summed E-state index contributed by atoms with van der Waals surface area (Å²) in [6.07, 6.45) is 10.3. The molecule has 144 valence electrons. The molecule has 3 heteroatoms. The van der Waals surface area contributed by atoms with Gasteiger partial charge in [-0.15, -0.1) is 0 Å². The first-order valence-electron chi connectivity index (χ1n) is 10.4. The number of hydrazine groups is 1. The Kier molecular flexibility index (Phi) is 6.36. The van der Waals surface area contributed by atoms with E-state index in [2.05, 4.69) is 88.2 Å². The molecule has 1 aromatic heterocycles. The van der Waals surface area contributed by atoms with Gasteiger partial charge in [0.1, 0.15) is 0 Å². The van der Waals surface area contributed by atoms with Crippen LogP contribution >= 0.6 is 0 Å². The fourth-order valence-electron chi connectivity index (χ4n) is 4.17. The fourth-order valence-corrected chi connectivity index (χ4v) is 4.17. The average molecular weight is 372 g/mol. The van der Waals surface area contributed by atoms with Gasteiger partial charge >= 0.3 is 0 Å². The molecule has 0 bridgehead atoms. The van der Waals surface area contributed by atoms with Crippen molar-refractivity contribution in [1.82, 2.24) is 10.4 Å². The van der Waals surface area contributed by atoms with Gasteiger partial charge in [0.25, 0.3) is 0 Å². The van der Waals surface area contributed by atoms with Gasteiger partial charge in [0.15, 0.2) is 0 Å². The molecule has 0 aliphatic heterocycles. The lowest BCUT2D eigenvalue weighted by molar-refractivity contribution is 0.361. The standard InChI is InChI=1S/C25H29N3/c1-4-10-21(11-5-1)25(22-12-6-2-7-13-22)20-28(24-16-18-26-19-17-24)27-23-14-8-3-9-15-23/h1-2,4-7,10-13,16-19,23,25,27H,3,8-9,14-15,20H2. The predicted molar refractivity (Wildman–Crippen MR) is 116 cm³/mol. The Morgan fingerprint density at radius 2 is 1.36 bits per heavy atom. The summed E-state index contributed by atoms with van der Waals surface area (Å²) >= 11 is 0. The van der Waals surface area contributed by atoms with Gasteiger partial charge in [-0.3, -0.25) is 4.98 Å². The van der Waals surface area contributed by atoms with Crippen LogP contribution in [0.15, 0.2) is 85.2 Å². The Morgan fingerprint density at radius 1 is 0.786 bits per heavy atom. The second-order valence-corrected chi connectivity index (χ2v) is 7.65. The van der Waals surface area contributed by atoms with Crippen molar-refractivity contribution >= 4 is 5.69 Å². The Labute approximate surface area is 168 Å². The predicted octanol–water partition coefficient (Wildman–Crippen LogP) is 5.56. The largest absolute Gasteiger partial charge is 0.307 e. The summed E-state index contributed by atoms with van der Waals surface area (Å²) in [4.78, 5) is 4.22. The summed E-state index contributed by atoms with van der Waals surface area (Å²) in [5, 5.41) is 2.35. The van der Waals surface area contributed by atoms with E-state index in [1.54, 1.807) is 0 Å². The van der Waals surface area contributed by atoms with Crippen LogP contribution in [0, 0.1) is 0 Å². The first-order chi connectivity index (χ1) is 13.9. The van der Waals surface area contributed by atoms with Crippen molar-refractivity contribution in [2.75, 3.05) is 11.6 Å². The zero-order valence-corrected chi connectivity index (χ0v) is 16.4. The Morgan fingerprint density at radius 3 is 1.93 bits per heavy atom. The second kappa shape index (κ2) is 9.52. The summed E-state index contributed by atoms with van der Waals surface area (Å²) in [7, 11) is 0. The van der Waals surface area contributed by atoms with Gasteiger partial charge in [-0.2, -0.15) is 0 Å². The minimum absolute atomic E-state index is 0.298. The van der Waals surface area contributed by atoms with Crippen molar-refractivity contribution in [3.05, 3.63) is 96.3 Å². The maximum absolute atomic E-state index is 4.22. The topological polar surface area (TPSA) is 28.2 Å². The van der Waals surface area contributed by atoms with Crippen LogP contribution in [-0.2, 0) is 0 Å². The lowest BCUT2D eigenvalue weighted by atomic mass is 9.91. The molecule has 1 fully saturated rings. The molecule has 0 unspecified atom stereocenters. The molecule has 1 N–H and O–H groups in total. The molecule has 0 amide bonds. The number of nitrogens with one attached hydrogen (secondary N) is 1. The van der Waals surface area contributed by atoms with E-state index in [4.69, 9.17) is 0 Å². The number of benzene rings is 2. The molecule has 4 rings (SSSR count). The molecular weight excluding hydrogens is 342 g/mol. The number of pyridine rings is 1. The molecule has 2 aromatic carbocycles. The molecule has 1 aliphatic rings. The van der Waals surface area contributed by atoms with Crippen LogP contribution in [0.2, 0.25) is 0 Å². The van der Waals surface area contributed by atoms with Crippen molar-refractivity contribution in [2.45, 2.75) is 44.1 Å². The monoisotopic (exact) mass is 371 g/mol. The zero-order chi connectivity index (χ0) is 19.0. The molecule has 3 nitrogen and oxygen atoms in total. The van der Waals surface area contributed by atoms with Crippen molar-refractivity contribution in [3.63, 3.8) is 0 Å². The number of anilines is 1. The van der Waals surface area contributed by atoms with Gasteiger partial charge in [0.2, 0.25) is 0 Å². The maximum atomic E-state index is 4.22. The molecular formula is C25H29N3. The van der Waals surface area contributed by atoms with Crippen molar-refractivity contribution in [2.24, 2.45) is 0 Å². The van der Waals surface area contributed by atoms with Gasteiger partial charge < -0.3 is 5.01 Å². The van der Waals surface area contributed by atoms with E-state index < -0.39 is 0 Å². The second-order valence-electron chi connectivity index (χ2n) is 7.65. The number of aromatic nitrogens is 1. The van der Waals surface area contributed by atoms with Crippen LogP contribution in [0.1, 0.15) is 49.1 Å². The third-order valence-corrected chi connectivity index (χ3v) is 5.69. The summed E-state index contributed by atoms with van der Waals surface area (Å²) in [6, 6.07) is 26.4. The van der Waals surface area contributed by atoms with E-state index in [1.807, 2.05) is 12.4 Å². The molecule has 0 saturated heterocycles. The minimum atomic E-state index is 0.298. The SMILES string of the molecule is c1ccc(C(CN(NC2CCCCC2)c2ccncc2)c2ccccc2)cc1. The first-order valence-corrected chi connectivity index (χ1v) is 10.4. The van der Waals surface area contributed by atoms with Crippen LogP contribution < -0.4 is 10.4 Å². The number of nitrogens with zero attached hydrogens (tertiary/aromatic N) is 2. The lowest BCUT2D eigenvalue weighted by Gasteiger charge is -2.35. The highest BCUT2D eigenvalue weighted by Crippen LogP contribution is 2.28. The number of hydrogen-bond acceptors (Lipinski definition) is 3. The van der Waals surface area contributed by atoms with E-state index >= 15 is 0 Å². The van der Waals surface area contributed by atoms with E-state index in [9.17, 15) is 0 Å². The van der Waals surface area contributed by atoms with E-state index in [-0.39, 0.29) is 0 Å². The van der Waals surface area contributed by atoms with E-state index in [1.165, 1.54) is 48.9 Å². The highest BCUT2D eigenvalue weighted by molar-refractivity contribution is 5.45. The van der Waals surface area contributed by atoms with Crippen LogP contribution in [-0.4, -0.2) is 17.6 Å². The molecule has 1 aliphatic carbocycles. The van der Waals surface area contributed by atoms with Crippen LogP contribution in [0.5, 0.6) is 0 Å². The van der Waals surface area contributed by atoms with Gasteiger partial charge in [0.05, 0.1) is 5.69 Å². The Hall–Kier alpha value is -2.65. The summed E-state index contributed by atoms with van der Waals surface area (Å²) < 4.78 is 0. The van der Waals surface area contributed by atoms with E-state index in [0.29, 0.717) is 12.0 Å². The normalized spacial score (nSPS) is 14.9.